The van der Waals surface area contributed by atoms with E-state index in [9.17, 15) is 14.7 Å². The summed E-state index contributed by atoms with van der Waals surface area (Å²) >= 11 is 0. The van der Waals surface area contributed by atoms with Gasteiger partial charge in [-0.1, -0.05) is 39.8 Å². The highest BCUT2D eigenvalue weighted by atomic mass is 16.3. The molecule has 2 aliphatic rings. The molecule has 0 bridgehead atoms. The zero-order valence-electron chi connectivity index (χ0n) is 13.6. The molecule has 3 nitrogen and oxygen atoms in total. The summed E-state index contributed by atoms with van der Waals surface area (Å²) in [5.41, 5.74) is 3.33. The van der Waals surface area contributed by atoms with Crippen molar-refractivity contribution in [3.63, 3.8) is 0 Å². The number of rotatable bonds is 1. The molecule has 3 heteroatoms. The Morgan fingerprint density at radius 2 is 1.86 bits per heavy atom. The van der Waals surface area contributed by atoms with Crippen LogP contribution >= 0.6 is 0 Å². The first-order valence-corrected chi connectivity index (χ1v) is 7.90. The average molecular weight is 298 g/mol. The van der Waals surface area contributed by atoms with E-state index in [4.69, 9.17) is 0 Å². The summed E-state index contributed by atoms with van der Waals surface area (Å²) in [6.07, 6.45) is 2.65. The Morgan fingerprint density at radius 1 is 1.18 bits per heavy atom. The van der Waals surface area contributed by atoms with E-state index in [2.05, 4.69) is 13.8 Å². The second kappa shape index (κ2) is 4.88. The van der Waals surface area contributed by atoms with Crippen molar-refractivity contribution in [1.82, 2.24) is 0 Å². The Balaban J connectivity index is 2.30. The summed E-state index contributed by atoms with van der Waals surface area (Å²) < 4.78 is 0. The van der Waals surface area contributed by atoms with Gasteiger partial charge in [0.25, 0.3) is 0 Å². The molecule has 1 atom stereocenters. The molecule has 1 aromatic rings. The molecule has 0 fully saturated rings. The van der Waals surface area contributed by atoms with Gasteiger partial charge >= 0.3 is 0 Å². The summed E-state index contributed by atoms with van der Waals surface area (Å²) in [5.74, 6) is -0.872. The molecule has 0 radical (unpaired) electrons. The quantitative estimate of drug-likeness (QED) is 0.806. The highest BCUT2D eigenvalue weighted by Gasteiger charge is 2.39. The largest absolute Gasteiger partial charge is 0.388 e. The van der Waals surface area contributed by atoms with Gasteiger partial charge in [-0.05, 0) is 46.9 Å². The first-order chi connectivity index (χ1) is 10.2. The van der Waals surface area contributed by atoms with E-state index in [-0.39, 0.29) is 11.3 Å². The first-order valence-electron chi connectivity index (χ1n) is 7.90. The number of ketones is 2. The van der Waals surface area contributed by atoms with E-state index in [0.717, 1.165) is 17.5 Å². The lowest BCUT2D eigenvalue weighted by Crippen LogP contribution is -2.32. The first kappa shape index (κ1) is 15.2. The van der Waals surface area contributed by atoms with Crippen molar-refractivity contribution in [2.75, 3.05) is 0 Å². The molecule has 3 rings (SSSR count). The smallest absolute Gasteiger partial charge is 0.234 e. The van der Waals surface area contributed by atoms with Gasteiger partial charge in [-0.3, -0.25) is 9.59 Å². The summed E-state index contributed by atoms with van der Waals surface area (Å²) in [4.78, 5) is 25.0. The fraction of sp³-hybridized carbons (Fsp3) is 0.474. The van der Waals surface area contributed by atoms with Gasteiger partial charge in [-0.15, -0.1) is 0 Å². The minimum atomic E-state index is -0.663. The van der Waals surface area contributed by atoms with Crippen LogP contribution in [0.2, 0.25) is 0 Å². The molecule has 0 aromatic heterocycles. The topological polar surface area (TPSA) is 54.4 Å². The second-order valence-corrected chi connectivity index (χ2v) is 7.34. The van der Waals surface area contributed by atoms with E-state index in [1.807, 2.05) is 32.1 Å². The number of aliphatic hydroxyl groups is 1. The normalized spacial score (nSPS) is 23.2. The molecule has 1 N–H and O–H groups in total. The van der Waals surface area contributed by atoms with E-state index < -0.39 is 17.7 Å². The van der Waals surface area contributed by atoms with Gasteiger partial charge in [-0.25, -0.2) is 0 Å². The van der Waals surface area contributed by atoms with Gasteiger partial charge in [0.05, 0.1) is 6.10 Å². The number of hydrogen-bond donors (Lipinski definition) is 1. The zero-order valence-corrected chi connectivity index (χ0v) is 13.6. The third kappa shape index (κ3) is 2.07. The second-order valence-electron chi connectivity index (χ2n) is 7.34. The lowest BCUT2D eigenvalue weighted by Gasteiger charge is -2.37. The van der Waals surface area contributed by atoms with Crippen LogP contribution in [0.1, 0.15) is 73.7 Å². The molecule has 0 saturated heterocycles. The maximum atomic E-state index is 12.7. The molecule has 1 aromatic carbocycles. The van der Waals surface area contributed by atoms with Crippen LogP contribution in [0.25, 0.3) is 6.08 Å². The van der Waals surface area contributed by atoms with Crippen LogP contribution in [-0.4, -0.2) is 16.7 Å². The van der Waals surface area contributed by atoms with Crippen molar-refractivity contribution in [3.8, 4) is 0 Å². The van der Waals surface area contributed by atoms with Crippen LogP contribution in [0.4, 0.5) is 0 Å². The minimum absolute atomic E-state index is 0.0157. The van der Waals surface area contributed by atoms with Gasteiger partial charge in [0.15, 0.2) is 0 Å². The van der Waals surface area contributed by atoms with Crippen molar-refractivity contribution >= 4 is 17.6 Å². The highest BCUT2D eigenvalue weighted by Crippen LogP contribution is 2.45. The predicted molar refractivity (Wildman–Crippen MR) is 85.8 cm³/mol. The molecule has 0 aliphatic heterocycles. The average Bonchev–Trinajstić information content (AvgIpc) is 2.45. The zero-order chi connectivity index (χ0) is 16.2. The lowest BCUT2D eigenvalue weighted by molar-refractivity contribution is -0.112. The Morgan fingerprint density at radius 3 is 2.50 bits per heavy atom. The molecular weight excluding hydrogens is 276 g/mol. The lowest BCUT2D eigenvalue weighted by atomic mass is 9.68. The fourth-order valence-electron chi connectivity index (χ4n) is 3.63. The van der Waals surface area contributed by atoms with Crippen molar-refractivity contribution in [3.05, 3.63) is 40.0 Å². The number of carbonyl (C=O) groups is 2. The SMILES string of the molecule is CC(C)C1=Cc2ccc3c(c2C(=O)C1=O)[C@H](O)CCC3(C)C. The summed E-state index contributed by atoms with van der Waals surface area (Å²) in [5, 5.41) is 10.4. The molecule has 22 heavy (non-hydrogen) atoms. The highest BCUT2D eigenvalue weighted by molar-refractivity contribution is 6.52. The minimum Gasteiger partial charge on any atom is -0.388 e. The monoisotopic (exact) mass is 298 g/mol. The van der Waals surface area contributed by atoms with E-state index in [1.165, 1.54) is 0 Å². The van der Waals surface area contributed by atoms with Crippen LogP contribution in [0.3, 0.4) is 0 Å². The summed E-state index contributed by atoms with van der Waals surface area (Å²) in [6, 6.07) is 3.93. The molecule has 2 aliphatic carbocycles. The Labute approximate surface area is 131 Å². The maximum Gasteiger partial charge on any atom is 0.234 e. The van der Waals surface area contributed by atoms with E-state index in [1.54, 1.807) is 0 Å². The Kier molecular flexibility index (Phi) is 3.37. The molecular formula is C19H22O3. The number of fused-ring (bicyclic) bond motifs is 3. The van der Waals surface area contributed by atoms with Gasteiger partial charge in [0.2, 0.25) is 11.6 Å². The molecule has 0 spiro atoms. The predicted octanol–water partition coefficient (Wildman–Crippen LogP) is 3.60. The number of carbonyl (C=O) groups excluding carboxylic acids is 2. The van der Waals surface area contributed by atoms with Crippen LogP contribution in [0.15, 0.2) is 17.7 Å². The van der Waals surface area contributed by atoms with Gasteiger partial charge in [-0.2, -0.15) is 0 Å². The number of aliphatic hydroxyl groups excluding tert-OH is 1. The Hall–Kier alpha value is -1.74. The number of Topliss-reactive ketones (excluding diaryl/α,β-unsaturated/α-hetero) is 2. The van der Waals surface area contributed by atoms with Crippen LogP contribution in [0.5, 0.6) is 0 Å². The van der Waals surface area contributed by atoms with Crippen molar-refractivity contribution in [2.24, 2.45) is 5.92 Å². The van der Waals surface area contributed by atoms with Gasteiger partial charge in [0.1, 0.15) is 0 Å². The van der Waals surface area contributed by atoms with Gasteiger partial charge < -0.3 is 5.11 Å². The fourth-order valence-corrected chi connectivity index (χ4v) is 3.63. The van der Waals surface area contributed by atoms with Crippen LogP contribution in [0, 0.1) is 5.92 Å². The molecule has 0 heterocycles. The summed E-state index contributed by atoms with van der Waals surface area (Å²) in [6.45, 7) is 8.07. The number of allylic oxidation sites excluding steroid dienone is 1. The number of benzene rings is 1. The molecule has 0 unspecified atom stereocenters. The third-order valence-electron chi connectivity index (χ3n) is 5.01. The molecule has 0 amide bonds. The van der Waals surface area contributed by atoms with Crippen molar-refractivity contribution in [2.45, 2.75) is 52.1 Å². The molecule has 0 saturated carbocycles. The van der Waals surface area contributed by atoms with E-state index >= 15 is 0 Å². The Bertz CT molecular complexity index is 708. The van der Waals surface area contributed by atoms with Crippen molar-refractivity contribution < 1.29 is 14.7 Å². The standard InChI is InChI=1S/C19H22O3/c1-10(2)12-9-11-5-6-13-16(15(11)18(22)17(12)21)14(20)7-8-19(13,3)4/h5-6,9-10,14,20H,7-8H2,1-4H3/t14-/m1/s1. The van der Waals surface area contributed by atoms with Gasteiger partial charge in [0, 0.05) is 11.1 Å². The van der Waals surface area contributed by atoms with Crippen LogP contribution < -0.4 is 0 Å². The maximum absolute atomic E-state index is 12.7. The van der Waals surface area contributed by atoms with Crippen LogP contribution in [-0.2, 0) is 10.2 Å². The third-order valence-corrected chi connectivity index (χ3v) is 5.01. The molecule has 116 valence electrons. The van der Waals surface area contributed by atoms with Crippen molar-refractivity contribution in [1.29, 1.82) is 0 Å². The number of hydrogen-bond acceptors (Lipinski definition) is 3. The summed E-state index contributed by atoms with van der Waals surface area (Å²) in [7, 11) is 0. The van der Waals surface area contributed by atoms with E-state index in [0.29, 0.717) is 23.1 Å².